The van der Waals surface area contributed by atoms with Crippen LogP contribution in [0.3, 0.4) is 0 Å². The topological polar surface area (TPSA) is 114 Å². The molecule has 1 fully saturated rings. The van der Waals surface area contributed by atoms with E-state index in [2.05, 4.69) is 10.1 Å². The Bertz CT molecular complexity index is 1200. The molecule has 0 aliphatic heterocycles. The molecule has 1 aromatic carbocycles. The van der Waals surface area contributed by atoms with Gasteiger partial charge in [0, 0.05) is 5.56 Å². The maximum absolute atomic E-state index is 13.2. The molecule has 1 aliphatic carbocycles. The second-order valence-electron chi connectivity index (χ2n) is 7.92. The summed E-state index contributed by atoms with van der Waals surface area (Å²) in [5.74, 6) is 0.238. The number of aryl methyl sites for hydroxylation is 1. The number of ether oxygens (including phenoxy) is 1. The van der Waals surface area contributed by atoms with Gasteiger partial charge in [-0.1, -0.05) is 11.3 Å². The van der Waals surface area contributed by atoms with Crippen LogP contribution in [-0.4, -0.2) is 51.7 Å². The zero-order chi connectivity index (χ0) is 21.2. The van der Waals surface area contributed by atoms with E-state index in [1.807, 2.05) is 6.92 Å². The van der Waals surface area contributed by atoms with Crippen molar-refractivity contribution < 1.29 is 23.4 Å². The van der Waals surface area contributed by atoms with Crippen LogP contribution in [-0.2, 0) is 15.4 Å². The van der Waals surface area contributed by atoms with E-state index in [1.165, 1.54) is 18.4 Å². The number of hydrogen-bond acceptors (Lipinski definition) is 8. The summed E-state index contributed by atoms with van der Waals surface area (Å²) in [6.07, 6.45) is 0.854. The molecule has 0 spiro atoms. The molecule has 0 unspecified atom stereocenters. The second-order valence-corrected chi connectivity index (χ2v) is 11.2. The molecule has 10 heteroatoms. The van der Waals surface area contributed by atoms with Crippen LogP contribution < -0.4 is 4.74 Å². The molecule has 1 aliphatic rings. The van der Waals surface area contributed by atoms with Gasteiger partial charge in [-0.25, -0.2) is 17.9 Å². The van der Waals surface area contributed by atoms with E-state index in [-0.39, 0.29) is 10.6 Å². The maximum atomic E-state index is 13.2. The smallest absolute Gasteiger partial charge is 0.213 e. The molecule has 0 atom stereocenters. The van der Waals surface area contributed by atoms with Gasteiger partial charge in [0.15, 0.2) is 9.84 Å². The lowest BCUT2D eigenvalue weighted by molar-refractivity contribution is 0.0773. The first kappa shape index (κ1) is 20.3. The SMILES string of the molecule is COc1ccc(-c2c(C)nc3sc(C(C)(C)O)nn23)cc1S(=O)(=O)C1(CO)CC1. The van der Waals surface area contributed by atoms with Crippen molar-refractivity contribution in [1.82, 2.24) is 14.6 Å². The summed E-state index contributed by atoms with van der Waals surface area (Å²) >= 11 is 1.28. The Labute approximate surface area is 172 Å². The number of aromatic nitrogens is 3. The van der Waals surface area contributed by atoms with Gasteiger partial charge in [0.2, 0.25) is 4.96 Å². The lowest BCUT2D eigenvalue weighted by Gasteiger charge is -2.17. The Balaban J connectivity index is 1.91. The van der Waals surface area contributed by atoms with E-state index in [4.69, 9.17) is 4.74 Å². The third kappa shape index (κ3) is 3.05. The second kappa shape index (κ2) is 6.49. The summed E-state index contributed by atoms with van der Waals surface area (Å²) in [5.41, 5.74) is 0.864. The number of nitrogens with zero attached hydrogens (tertiary/aromatic N) is 3. The van der Waals surface area contributed by atoms with Gasteiger partial charge in [0.25, 0.3) is 0 Å². The van der Waals surface area contributed by atoms with E-state index >= 15 is 0 Å². The molecule has 0 amide bonds. The van der Waals surface area contributed by atoms with Gasteiger partial charge in [-0.2, -0.15) is 5.10 Å². The Morgan fingerprint density at radius 2 is 2.03 bits per heavy atom. The quantitative estimate of drug-likeness (QED) is 0.608. The van der Waals surface area contributed by atoms with Crippen LogP contribution in [0, 0.1) is 6.92 Å². The molecule has 0 bridgehead atoms. The molecule has 156 valence electrons. The summed E-state index contributed by atoms with van der Waals surface area (Å²) in [6, 6.07) is 4.93. The van der Waals surface area contributed by atoms with E-state index < -0.39 is 26.8 Å². The van der Waals surface area contributed by atoms with E-state index in [0.717, 1.165) is 0 Å². The molecule has 2 heterocycles. The molecule has 0 saturated heterocycles. The molecule has 0 radical (unpaired) electrons. The van der Waals surface area contributed by atoms with Gasteiger partial charge in [0.05, 0.1) is 25.1 Å². The minimum atomic E-state index is -3.78. The number of imidazole rings is 1. The monoisotopic (exact) mass is 437 g/mol. The van der Waals surface area contributed by atoms with Gasteiger partial charge in [0.1, 0.15) is 26.0 Å². The highest BCUT2D eigenvalue weighted by Crippen LogP contribution is 2.48. The molecular weight excluding hydrogens is 414 g/mol. The highest BCUT2D eigenvalue weighted by Gasteiger charge is 2.55. The Hall–Kier alpha value is -2.01. The number of benzene rings is 1. The molecule has 3 aromatic rings. The van der Waals surface area contributed by atoms with Crippen LogP contribution in [0.1, 0.15) is 37.4 Å². The van der Waals surface area contributed by atoms with Gasteiger partial charge in [-0.15, -0.1) is 0 Å². The third-order valence-electron chi connectivity index (χ3n) is 5.29. The van der Waals surface area contributed by atoms with Crippen molar-refractivity contribution in [3.63, 3.8) is 0 Å². The standard InChI is InChI=1S/C19H23N3O5S2/c1-11-15(22-17(20-11)28-16(21-22)18(2,3)24)12-5-6-13(27-4)14(9-12)29(25,26)19(10-23)7-8-19/h5-6,9,23-24H,7-8,10H2,1-4H3. The fourth-order valence-corrected chi connectivity index (χ4v) is 6.27. The molecule has 2 aromatic heterocycles. The van der Waals surface area contributed by atoms with Crippen LogP contribution in [0.2, 0.25) is 0 Å². The summed E-state index contributed by atoms with van der Waals surface area (Å²) in [5, 5.41) is 24.9. The van der Waals surface area contributed by atoms with E-state index in [0.29, 0.717) is 39.8 Å². The normalized spacial score (nSPS) is 16.3. The predicted molar refractivity (Wildman–Crippen MR) is 109 cm³/mol. The van der Waals surface area contributed by atoms with Crippen molar-refractivity contribution in [3.8, 4) is 17.0 Å². The zero-order valence-electron chi connectivity index (χ0n) is 16.6. The van der Waals surface area contributed by atoms with Gasteiger partial charge >= 0.3 is 0 Å². The average molecular weight is 438 g/mol. The first-order valence-corrected chi connectivity index (χ1v) is 11.5. The fraction of sp³-hybridized carbons (Fsp3) is 0.474. The van der Waals surface area contributed by atoms with Crippen LogP contribution in [0.25, 0.3) is 16.2 Å². The summed E-state index contributed by atoms with van der Waals surface area (Å²) < 4.78 is 32.3. The molecule has 4 rings (SSSR count). The Morgan fingerprint density at radius 1 is 1.34 bits per heavy atom. The minimum Gasteiger partial charge on any atom is -0.495 e. The molecule has 8 nitrogen and oxygen atoms in total. The number of aliphatic hydroxyl groups is 2. The molecule has 2 N–H and O–H groups in total. The van der Waals surface area contributed by atoms with Crippen molar-refractivity contribution in [2.24, 2.45) is 0 Å². The third-order valence-corrected chi connectivity index (χ3v) is 9.09. The van der Waals surface area contributed by atoms with Crippen molar-refractivity contribution >= 4 is 26.1 Å². The Kier molecular flexibility index (Phi) is 4.54. The van der Waals surface area contributed by atoms with Crippen LogP contribution in [0.15, 0.2) is 23.1 Å². The lowest BCUT2D eigenvalue weighted by atomic mass is 10.1. The van der Waals surface area contributed by atoms with E-state index in [1.54, 1.807) is 36.6 Å². The largest absolute Gasteiger partial charge is 0.495 e. The minimum absolute atomic E-state index is 0.0522. The fourth-order valence-electron chi connectivity index (χ4n) is 3.35. The van der Waals surface area contributed by atoms with Crippen LogP contribution in [0.5, 0.6) is 5.75 Å². The lowest BCUT2D eigenvalue weighted by Crippen LogP contribution is -2.27. The molecule has 29 heavy (non-hydrogen) atoms. The van der Waals surface area contributed by atoms with Crippen molar-refractivity contribution in [2.45, 2.75) is 48.9 Å². The number of methoxy groups -OCH3 is 1. The van der Waals surface area contributed by atoms with Crippen molar-refractivity contribution in [2.75, 3.05) is 13.7 Å². The average Bonchev–Trinajstić information content (AvgIpc) is 3.28. The highest BCUT2D eigenvalue weighted by atomic mass is 32.2. The Morgan fingerprint density at radius 3 is 2.59 bits per heavy atom. The summed E-state index contributed by atoms with van der Waals surface area (Å²) in [6.45, 7) is 4.72. The van der Waals surface area contributed by atoms with Gasteiger partial charge in [-0.05, 0) is 51.8 Å². The molecular formula is C19H23N3O5S2. The first-order valence-electron chi connectivity index (χ1n) is 9.17. The van der Waals surface area contributed by atoms with Crippen LogP contribution >= 0.6 is 11.3 Å². The maximum Gasteiger partial charge on any atom is 0.213 e. The number of hydrogen-bond donors (Lipinski definition) is 2. The number of rotatable bonds is 6. The van der Waals surface area contributed by atoms with Crippen molar-refractivity contribution in [1.29, 1.82) is 0 Å². The first-order chi connectivity index (χ1) is 13.5. The predicted octanol–water partition coefficient (Wildman–Crippen LogP) is 2.30. The van der Waals surface area contributed by atoms with E-state index in [9.17, 15) is 18.6 Å². The molecule has 1 saturated carbocycles. The highest BCUT2D eigenvalue weighted by molar-refractivity contribution is 7.93. The number of aliphatic hydroxyl groups excluding tert-OH is 1. The summed E-state index contributed by atoms with van der Waals surface area (Å²) in [4.78, 5) is 5.19. The number of sulfone groups is 1. The van der Waals surface area contributed by atoms with Crippen molar-refractivity contribution in [3.05, 3.63) is 28.9 Å². The van der Waals surface area contributed by atoms with Gasteiger partial charge < -0.3 is 14.9 Å². The van der Waals surface area contributed by atoms with Crippen LogP contribution in [0.4, 0.5) is 0 Å². The summed E-state index contributed by atoms with van der Waals surface area (Å²) in [7, 11) is -2.36. The van der Waals surface area contributed by atoms with Gasteiger partial charge in [-0.3, -0.25) is 0 Å². The number of fused-ring (bicyclic) bond motifs is 1. The zero-order valence-corrected chi connectivity index (χ0v) is 18.3.